The zero-order valence-corrected chi connectivity index (χ0v) is 25.4. The lowest BCUT2D eigenvalue weighted by molar-refractivity contribution is -0.121. The first-order valence-corrected chi connectivity index (χ1v) is 15.6. The molecule has 2 N–H and O–H groups in total. The number of aromatic nitrogens is 4. The van der Waals surface area contributed by atoms with E-state index < -0.39 is 6.17 Å². The van der Waals surface area contributed by atoms with Crippen molar-refractivity contribution in [1.82, 2.24) is 30.6 Å². The Balaban J connectivity index is 1.21. The van der Waals surface area contributed by atoms with E-state index in [1.54, 1.807) is 0 Å². The molecule has 0 aliphatic carbocycles. The predicted molar refractivity (Wildman–Crippen MR) is 171 cm³/mol. The van der Waals surface area contributed by atoms with Crippen LogP contribution in [0.15, 0.2) is 113 Å². The molecule has 3 aromatic carbocycles. The van der Waals surface area contributed by atoms with Gasteiger partial charge in [0.1, 0.15) is 16.2 Å². The zero-order chi connectivity index (χ0) is 30.0. The van der Waals surface area contributed by atoms with Gasteiger partial charge in [0.25, 0.3) is 0 Å². The summed E-state index contributed by atoms with van der Waals surface area (Å²) in [5.74, 6) is 1.02. The van der Waals surface area contributed by atoms with E-state index in [4.69, 9.17) is 0 Å². The van der Waals surface area contributed by atoms with Gasteiger partial charge in [0.05, 0.1) is 11.5 Å². The number of carbonyl (C=O) groups excluding carboxylic acids is 2. The number of thioether (sulfide) groups is 2. The normalized spacial score (nSPS) is 10.9. The summed E-state index contributed by atoms with van der Waals surface area (Å²) in [7, 11) is 0. The van der Waals surface area contributed by atoms with E-state index in [0.29, 0.717) is 21.7 Å². The Morgan fingerprint density at radius 1 is 0.605 bits per heavy atom. The summed E-state index contributed by atoms with van der Waals surface area (Å²) in [6.45, 7) is 3.81. The van der Waals surface area contributed by atoms with Crippen LogP contribution in [0.5, 0.6) is 0 Å². The molecule has 43 heavy (non-hydrogen) atoms. The van der Waals surface area contributed by atoms with E-state index >= 15 is 0 Å². The Morgan fingerprint density at radius 2 is 1.00 bits per heavy atom. The maximum absolute atomic E-state index is 13.1. The summed E-state index contributed by atoms with van der Waals surface area (Å²) >= 11 is 2.64. The molecule has 0 atom stereocenters. The summed E-state index contributed by atoms with van der Waals surface area (Å²) in [6, 6.07) is 32.5. The van der Waals surface area contributed by atoms with E-state index in [-0.39, 0.29) is 23.3 Å². The van der Waals surface area contributed by atoms with Crippen molar-refractivity contribution in [2.45, 2.75) is 30.1 Å². The van der Waals surface area contributed by atoms with Gasteiger partial charge in [-0.3, -0.25) is 9.59 Å². The van der Waals surface area contributed by atoms with Crippen LogP contribution in [0.4, 0.5) is 0 Å². The quantitative estimate of drug-likeness (QED) is 0.107. The number of rotatable bonds is 11. The highest BCUT2D eigenvalue weighted by Gasteiger charge is 2.18. The lowest BCUT2D eigenvalue weighted by Gasteiger charge is -2.21. The third-order valence-electron chi connectivity index (χ3n) is 6.17. The lowest BCUT2D eigenvalue weighted by Crippen LogP contribution is -2.42. The topological polar surface area (TPSA) is 110 Å². The van der Waals surface area contributed by atoms with Crippen LogP contribution in [0.1, 0.15) is 23.1 Å². The molecule has 5 aromatic rings. The highest BCUT2D eigenvalue weighted by Crippen LogP contribution is 2.23. The van der Waals surface area contributed by atoms with Crippen LogP contribution in [0.25, 0.3) is 22.8 Å². The van der Waals surface area contributed by atoms with Crippen LogP contribution in [-0.2, 0) is 9.59 Å². The molecule has 2 heterocycles. The molecule has 0 aliphatic rings. The van der Waals surface area contributed by atoms with Crippen molar-refractivity contribution in [3.8, 4) is 22.8 Å². The molecule has 2 aromatic heterocycles. The van der Waals surface area contributed by atoms with Crippen LogP contribution >= 0.6 is 23.5 Å². The second-order valence-corrected chi connectivity index (χ2v) is 11.6. The average Bonchev–Trinajstić information content (AvgIpc) is 3.03. The molecule has 0 spiro atoms. The molecule has 0 aliphatic heterocycles. The Bertz CT molecular complexity index is 1580. The number of hydrogen-bond acceptors (Lipinski definition) is 8. The Morgan fingerprint density at radius 3 is 1.42 bits per heavy atom. The number of carbonyl (C=O) groups is 2. The SMILES string of the molecule is Cc1cc(SCC(=O)NC(NC(=O)CSc2cc(C)nc(-c3ccccc3)n2)c2ccccc2)nc(-c2ccccc2)n1. The summed E-state index contributed by atoms with van der Waals surface area (Å²) < 4.78 is 0. The summed E-state index contributed by atoms with van der Waals surface area (Å²) in [4.78, 5) is 44.5. The molecule has 5 rings (SSSR count). The third-order valence-corrected chi connectivity index (χ3v) is 7.99. The fourth-order valence-electron chi connectivity index (χ4n) is 4.19. The number of aryl methyl sites for hydroxylation is 2. The zero-order valence-electron chi connectivity index (χ0n) is 23.7. The van der Waals surface area contributed by atoms with Crippen molar-refractivity contribution in [2.75, 3.05) is 11.5 Å². The van der Waals surface area contributed by atoms with Gasteiger partial charge in [-0.25, -0.2) is 19.9 Å². The lowest BCUT2D eigenvalue weighted by atomic mass is 10.1. The maximum atomic E-state index is 13.1. The molecule has 216 valence electrons. The molecule has 0 unspecified atom stereocenters. The van der Waals surface area contributed by atoms with Crippen molar-refractivity contribution in [3.05, 3.63) is 120 Å². The van der Waals surface area contributed by atoms with Gasteiger partial charge in [-0.1, -0.05) is 115 Å². The van der Waals surface area contributed by atoms with Gasteiger partial charge >= 0.3 is 0 Å². The Kier molecular flexibility index (Phi) is 10.1. The standard InChI is InChI=1S/C33H30N6O2S2/c1-22-18-29(38-31(34-22)24-12-6-3-7-13-24)42-20-27(40)36-33(26-16-10-5-11-17-26)37-28(41)21-43-30-19-23(2)35-32(39-30)25-14-8-4-9-15-25/h3-19,33H,20-21H2,1-2H3,(H,36,40)(H,37,41). The number of nitrogens with one attached hydrogen (secondary N) is 2. The minimum Gasteiger partial charge on any atom is -0.331 e. The van der Waals surface area contributed by atoms with Crippen molar-refractivity contribution in [2.24, 2.45) is 0 Å². The molecule has 0 radical (unpaired) electrons. The molecule has 0 saturated carbocycles. The van der Waals surface area contributed by atoms with Crippen molar-refractivity contribution < 1.29 is 9.59 Å². The highest BCUT2D eigenvalue weighted by molar-refractivity contribution is 8.00. The number of hydrogen-bond donors (Lipinski definition) is 2. The van der Waals surface area contributed by atoms with Gasteiger partial charge in [0, 0.05) is 22.5 Å². The molecular formula is C33H30N6O2S2. The van der Waals surface area contributed by atoms with Gasteiger partial charge < -0.3 is 10.6 Å². The van der Waals surface area contributed by atoms with Gasteiger partial charge in [0.2, 0.25) is 11.8 Å². The monoisotopic (exact) mass is 606 g/mol. The first-order chi connectivity index (χ1) is 20.9. The van der Waals surface area contributed by atoms with Gasteiger partial charge in [0.15, 0.2) is 11.6 Å². The third kappa shape index (κ3) is 8.73. The van der Waals surface area contributed by atoms with Crippen LogP contribution in [-0.4, -0.2) is 43.3 Å². The maximum Gasteiger partial charge on any atom is 0.232 e. The molecule has 10 heteroatoms. The van der Waals surface area contributed by atoms with Gasteiger partial charge in [-0.15, -0.1) is 0 Å². The van der Waals surface area contributed by atoms with Gasteiger partial charge in [-0.2, -0.15) is 0 Å². The minimum atomic E-state index is -0.693. The summed E-state index contributed by atoms with van der Waals surface area (Å²) in [5.41, 5.74) is 4.23. The van der Waals surface area contributed by atoms with E-state index in [0.717, 1.165) is 28.1 Å². The highest BCUT2D eigenvalue weighted by atomic mass is 32.2. The van der Waals surface area contributed by atoms with Crippen LogP contribution < -0.4 is 10.6 Å². The average molecular weight is 607 g/mol. The first-order valence-electron chi connectivity index (χ1n) is 13.6. The van der Waals surface area contributed by atoms with E-state index in [1.165, 1.54) is 23.5 Å². The fraction of sp³-hybridized carbons (Fsp3) is 0.152. The fourth-order valence-corrected chi connectivity index (χ4v) is 5.73. The Labute approximate surface area is 259 Å². The molecule has 0 fully saturated rings. The van der Waals surface area contributed by atoms with Crippen LogP contribution in [0, 0.1) is 13.8 Å². The van der Waals surface area contributed by atoms with Crippen molar-refractivity contribution in [1.29, 1.82) is 0 Å². The first kappa shape index (κ1) is 29.9. The molecule has 0 bridgehead atoms. The van der Waals surface area contributed by atoms with Crippen molar-refractivity contribution >= 4 is 35.3 Å². The number of benzene rings is 3. The minimum absolute atomic E-state index is 0.126. The largest absolute Gasteiger partial charge is 0.331 e. The predicted octanol–water partition coefficient (Wildman–Crippen LogP) is 6.03. The second-order valence-electron chi connectivity index (χ2n) is 9.63. The van der Waals surface area contributed by atoms with Crippen LogP contribution in [0.3, 0.4) is 0 Å². The molecule has 2 amide bonds. The molecule has 0 saturated heterocycles. The van der Waals surface area contributed by atoms with Crippen molar-refractivity contribution in [3.63, 3.8) is 0 Å². The molecule has 8 nitrogen and oxygen atoms in total. The van der Waals surface area contributed by atoms with E-state index in [9.17, 15) is 9.59 Å². The molecular weight excluding hydrogens is 577 g/mol. The second kappa shape index (κ2) is 14.6. The summed E-state index contributed by atoms with van der Waals surface area (Å²) in [6.07, 6.45) is -0.693. The smallest absolute Gasteiger partial charge is 0.232 e. The van der Waals surface area contributed by atoms with Crippen LogP contribution in [0.2, 0.25) is 0 Å². The van der Waals surface area contributed by atoms with E-state index in [1.807, 2.05) is 117 Å². The number of nitrogens with zero attached hydrogens (tertiary/aromatic N) is 4. The number of amides is 2. The summed E-state index contributed by atoms with van der Waals surface area (Å²) in [5, 5.41) is 7.33. The Hall–Kier alpha value is -4.54. The van der Waals surface area contributed by atoms with E-state index in [2.05, 4.69) is 30.6 Å². The van der Waals surface area contributed by atoms with Gasteiger partial charge in [-0.05, 0) is 31.5 Å².